The summed E-state index contributed by atoms with van der Waals surface area (Å²) in [5, 5.41) is 15.1. The number of fused-ring (bicyclic) bond motifs is 2. The Bertz CT molecular complexity index is 856. The minimum atomic E-state index is -0.918. The second-order valence-corrected chi connectivity index (χ2v) is 5.45. The molecule has 1 aliphatic rings. The lowest BCUT2D eigenvalue weighted by Crippen LogP contribution is -2.42. The fraction of sp³-hybridized carbons (Fsp3) is 0.176. The molecule has 0 radical (unpaired) electrons. The van der Waals surface area contributed by atoms with Gasteiger partial charge in [0, 0.05) is 17.5 Å². The summed E-state index contributed by atoms with van der Waals surface area (Å²) in [6.45, 7) is 0.477. The van der Waals surface area contributed by atoms with Crippen LogP contribution < -0.4 is 0 Å². The number of carbonyl (C=O) groups is 1. The minimum absolute atomic E-state index is 0.414. The Hall–Kier alpha value is -2.82. The average Bonchev–Trinajstić information content (AvgIpc) is 2.97. The van der Waals surface area contributed by atoms with Crippen LogP contribution in [0.2, 0.25) is 0 Å². The SMILES string of the molecule is O=C(O)N1CCc2ccccc2C1n1ncc2ccccc21. The van der Waals surface area contributed by atoms with E-state index in [0.29, 0.717) is 6.54 Å². The van der Waals surface area contributed by atoms with Gasteiger partial charge in [-0.25, -0.2) is 9.48 Å². The molecule has 5 heteroatoms. The van der Waals surface area contributed by atoms with Crippen molar-refractivity contribution >= 4 is 17.0 Å². The van der Waals surface area contributed by atoms with Crippen LogP contribution in [0.5, 0.6) is 0 Å². The van der Waals surface area contributed by atoms with Crippen molar-refractivity contribution in [1.29, 1.82) is 0 Å². The molecule has 2 heterocycles. The topological polar surface area (TPSA) is 58.4 Å². The molecule has 1 atom stereocenters. The van der Waals surface area contributed by atoms with E-state index >= 15 is 0 Å². The molecule has 0 saturated heterocycles. The van der Waals surface area contributed by atoms with Gasteiger partial charge in [-0.1, -0.05) is 42.5 Å². The van der Waals surface area contributed by atoms with Crippen LogP contribution in [-0.2, 0) is 6.42 Å². The molecule has 0 saturated carbocycles. The standard InChI is InChI=1S/C17H15N3O2/c21-17(22)19-10-9-12-5-1-3-7-14(12)16(19)20-15-8-4-2-6-13(15)11-18-20/h1-8,11,16H,9-10H2,(H,21,22). The first-order valence-corrected chi connectivity index (χ1v) is 7.25. The first-order chi connectivity index (χ1) is 10.8. The van der Waals surface area contributed by atoms with E-state index in [1.54, 1.807) is 10.9 Å². The van der Waals surface area contributed by atoms with Gasteiger partial charge < -0.3 is 5.11 Å². The van der Waals surface area contributed by atoms with Crippen molar-refractivity contribution in [2.24, 2.45) is 0 Å². The largest absolute Gasteiger partial charge is 0.465 e. The van der Waals surface area contributed by atoms with Gasteiger partial charge in [-0.2, -0.15) is 5.10 Å². The molecule has 5 nitrogen and oxygen atoms in total. The first kappa shape index (κ1) is 12.9. The van der Waals surface area contributed by atoms with Crippen molar-refractivity contribution in [2.75, 3.05) is 6.54 Å². The molecule has 4 rings (SSSR count). The smallest absolute Gasteiger partial charge is 0.409 e. The third-order valence-corrected chi connectivity index (χ3v) is 4.23. The second kappa shape index (κ2) is 4.87. The van der Waals surface area contributed by atoms with Crippen LogP contribution in [0.25, 0.3) is 10.9 Å². The van der Waals surface area contributed by atoms with Crippen LogP contribution in [0.15, 0.2) is 54.7 Å². The lowest BCUT2D eigenvalue weighted by atomic mass is 9.97. The van der Waals surface area contributed by atoms with E-state index in [9.17, 15) is 9.90 Å². The first-order valence-electron chi connectivity index (χ1n) is 7.25. The number of hydrogen-bond acceptors (Lipinski definition) is 2. The molecule has 110 valence electrons. The zero-order valence-electron chi connectivity index (χ0n) is 11.9. The highest BCUT2D eigenvalue weighted by Gasteiger charge is 2.33. The summed E-state index contributed by atoms with van der Waals surface area (Å²) in [6.07, 6.45) is 1.19. The lowest BCUT2D eigenvalue weighted by Gasteiger charge is -2.35. The zero-order chi connectivity index (χ0) is 15.1. The van der Waals surface area contributed by atoms with Gasteiger partial charge in [0.25, 0.3) is 0 Å². The fourth-order valence-corrected chi connectivity index (χ4v) is 3.20. The third-order valence-electron chi connectivity index (χ3n) is 4.23. The molecule has 0 spiro atoms. The molecule has 1 aliphatic heterocycles. The van der Waals surface area contributed by atoms with Crippen LogP contribution >= 0.6 is 0 Å². The van der Waals surface area contributed by atoms with Crippen molar-refractivity contribution in [1.82, 2.24) is 14.7 Å². The molecule has 1 amide bonds. The van der Waals surface area contributed by atoms with Gasteiger partial charge in [0.05, 0.1) is 11.7 Å². The number of aromatic nitrogens is 2. The number of hydrogen-bond donors (Lipinski definition) is 1. The molecule has 22 heavy (non-hydrogen) atoms. The van der Waals surface area contributed by atoms with Gasteiger partial charge in [0.2, 0.25) is 0 Å². The van der Waals surface area contributed by atoms with E-state index in [1.807, 2.05) is 42.5 Å². The lowest BCUT2D eigenvalue weighted by molar-refractivity contribution is 0.108. The van der Waals surface area contributed by atoms with E-state index in [-0.39, 0.29) is 0 Å². The van der Waals surface area contributed by atoms with Gasteiger partial charge in [0.15, 0.2) is 6.17 Å². The van der Waals surface area contributed by atoms with Crippen molar-refractivity contribution < 1.29 is 9.90 Å². The highest BCUT2D eigenvalue weighted by molar-refractivity contribution is 5.79. The summed E-state index contributed by atoms with van der Waals surface area (Å²) in [4.78, 5) is 13.2. The average molecular weight is 293 g/mol. The Morgan fingerprint density at radius 2 is 1.91 bits per heavy atom. The Labute approximate surface area is 127 Å². The minimum Gasteiger partial charge on any atom is -0.465 e. The maximum absolute atomic E-state index is 11.7. The van der Waals surface area contributed by atoms with Gasteiger partial charge >= 0.3 is 6.09 Å². The highest BCUT2D eigenvalue weighted by atomic mass is 16.4. The van der Waals surface area contributed by atoms with E-state index in [1.165, 1.54) is 10.5 Å². The molecule has 1 unspecified atom stereocenters. The number of para-hydroxylation sites is 1. The van der Waals surface area contributed by atoms with Crippen molar-refractivity contribution in [3.8, 4) is 0 Å². The van der Waals surface area contributed by atoms with Crippen molar-refractivity contribution in [3.63, 3.8) is 0 Å². The number of amides is 1. The number of benzene rings is 2. The van der Waals surface area contributed by atoms with E-state index < -0.39 is 12.3 Å². The van der Waals surface area contributed by atoms with Gasteiger partial charge in [-0.15, -0.1) is 0 Å². The Balaban J connectivity index is 1.94. The summed E-state index contributed by atoms with van der Waals surface area (Å²) in [5.41, 5.74) is 3.13. The molecular weight excluding hydrogens is 278 g/mol. The summed E-state index contributed by atoms with van der Waals surface area (Å²) in [5.74, 6) is 0. The Kier molecular flexibility index (Phi) is 2.85. The molecule has 0 aliphatic carbocycles. The summed E-state index contributed by atoms with van der Waals surface area (Å²) >= 11 is 0. The molecule has 2 aromatic carbocycles. The van der Waals surface area contributed by atoms with Crippen LogP contribution in [0.4, 0.5) is 4.79 Å². The summed E-state index contributed by atoms with van der Waals surface area (Å²) < 4.78 is 1.81. The van der Waals surface area contributed by atoms with Gasteiger partial charge in [-0.05, 0) is 18.1 Å². The molecule has 1 aromatic heterocycles. The Morgan fingerprint density at radius 1 is 1.14 bits per heavy atom. The third kappa shape index (κ3) is 1.86. The number of carboxylic acid groups (broad SMARTS) is 1. The van der Waals surface area contributed by atoms with Crippen LogP contribution in [0, 0.1) is 0 Å². The predicted octanol–water partition coefficient (Wildman–Crippen LogP) is 3.12. The van der Waals surface area contributed by atoms with Crippen LogP contribution in [0.1, 0.15) is 17.3 Å². The second-order valence-electron chi connectivity index (χ2n) is 5.45. The molecule has 1 N–H and O–H groups in total. The van der Waals surface area contributed by atoms with E-state index in [0.717, 1.165) is 22.9 Å². The van der Waals surface area contributed by atoms with Crippen LogP contribution in [-0.4, -0.2) is 32.4 Å². The maximum atomic E-state index is 11.7. The van der Waals surface area contributed by atoms with Crippen molar-refractivity contribution in [2.45, 2.75) is 12.6 Å². The zero-order valence-corrected chi connectivity index (χ0v) is 11.9. The monoisotopic (exact) mass is 293 g/mol. The van der Waals surface area contributed by atoms with E-state index in [2.05, 4.69) is 11.2 Å². The molecule has 0 bridgehead atoms. The van der Waals surface area contributed by atoms with Gasteiger partial charge in [0.1, 0.15) is 0 Å². The van der Waals surface area contributed by atoms with E-state index in [4.69, 9.17) is 0 Å². The maximum Gasteiger partial charge on any atom is 0.409 e. The molecule has 3 aromatic rings. The number of rotatable bonds is 1. The summed E-state index contributed by atoms with van der Waals surface area (Å²) in [7, 11) is 0. The molecular formula is C17H15N3O2. The molecule has 0 fully saturated rings. The van der Waals surface area contributed by atoms with Crippen molar-refractivity contribution in [3.05, 3.63) is 65.9 Å². The number of nitrogens with zero attached hydrogens (tertiary/aromatic N) is 3. The highest BCUT2D eigenvalue weighted by Crippen LogP contribution is 2.32. The quantitative estimate of drug-likeness (QED) is 0.750. The van der Waals surface area contributed by atoms with Gasteiger partial charge in [-0.3, -0.25) is 4.90 Å². The fourth-order valence-electron chi connectivity index (χ4n) is 3.20. The van der Waals surface area contributed by atoms with Crippen LogP contribution in [0.3, 0.4) is 0 Å². The summed E-state index contributed by atoms with van der Waals surface area (Å²) in [6, 6.07) is 15.9. The Morgan fingerprint density at radius 3 is 2.77 bits per heavy atom. The normalized spacial score (nSPS) is 17.5. The predicted molar refractivity (Wildman–Crippen MR) is 82.7 cm³/mol.